The molecule has 0 saturated carbocycles. The number of hydrogen-bond donors (Lipinski definition) is 1. The molecule has 156 valence electrons. The maximum Gasteiger partial charge on any atom is 0.230 e. The number of halogens is 1. The van der Waals surface area contributed by atoms with E-state index in [1.807, 2.05) is 53.1 Å². The third-order valence-electron chi connectivity index (χ3n) is 4.53. The smallest absolute Gasteiger partial charge is 0.230 e. The van der Waals surface area contributed by atoms with Crippen molar-refractivity contribution >= 4 is 17.7 Å². The van der Waals surface area contributed by atoms with Crippen molar-refractivity contribution in [3.63, 3.8) is 0 Å². The van der Waals surface area contributed by atoms with E-state index in [9.17, 15) is 9.18 Å². The van der Waals surface area contributed by atoms with Gasteiger partial charge in [0.2, 0.25) is 5.91 Å². The lowest BCUT2D eigenvalue weighted by atomic mass is 10.2. The van der Waals surface area contributed by atoms with E-state index in [1.165, 1.54) is 23.9 Å². The Morgan fingerprint density at radius 2 is 1.74 bits per heavy atom. The highest BCUT2D eigenvalue weighted by Gasteiger charge is 2.16. The van der Waals surface area contributed by atoms with Gasteiger partial charge in [-0.15, -0.1) is 10.2 Å². The summed E-state index contributed by atoms with van der Waals surface area (Å²) >= 11 is 1.31. The predicted molar refractivity (Wildman–Crippen MR) is 118 cm³/mol. The molecule has 6 nitrogen and oxygen atoms in total. The van der Waals surface area contributed by atoms with Crippen LogP contribution in [-0.4, -0.2) is 31.4 Å². The van der Waals surface area contributed by atoms with Crippen molar-refractivity contribution in [2.24, 2.45) is 0 Å². The second kappa shape index (κ2) is 9.99. The van der Waals surface area contributed by atoms with E-state index in [2.05, 4.69) is 20.5 Å². The number of carbonyl (C=O) groups is 1. The Labute approximate surface area is 183 Å². The maximum absolute atomic E-state index is 13.4. The highest BCUT2D eigenvalue weighted by molar-refractivity contribution is 7.99. The molecule has 2 heterocycles. The van der Waals surface area contributed by atoms with Gasteiger partial charge in [0.05, 0.1) is 24.5 Å². The number of thioether (sulfide) groups is 1. The summed E-state index contributed by atoms with van der Waals surface area (Å²) in [6.45, 7) is 0.913. The number of amides is 1. The molecule has 2 aromatic heterocycles. The molecule has 8 heteroatoms. The van der Waals surface area contributed by atoms with Gasteiger partial charge in [0.1, 0.15) is 5.82 Å². The fourth-order valence-corrected chi connectivity index (χ4v) is 3.76. The Hall–Kier alpha value is -3.52. The highest BCUT2D eigenvalue weighted by atomic mass is 32.2. The van der Waals surface area contributed by atoms with Gasteiger partial charge in [0.25, 0.3) is 0 Å². The van der Waals surface area contributed by atoms with Gasteiger partial charge in [-0.25, -0.2) is 4.39 Å². The number of nitrogens with zero attached hydrogens (tertiary/aromatic N) is 4. The number of rotatable bonds is 8. The lowest BCUT2D eigenvalue weighted by molar-refractivity contribution is -0.118. The summed E-state index contributed by atoms with van der Waals surface area (Å²) in [5.41, 5.74) is 2.63. The number of aromatic nitrogens is 4. The van der Waals surface area contributed by atoms with Gasteiger partial charge in [-0.3, -0.25) is 14.3 Å². The monoisotopic (exact) mass is 433 g/mol. The molecule has 0 unspecified atom stereocenters. The summed E-state index contributed by atoms with van der Waals surface area (Å²) in [4.78, 5) is 16.5. The number of benzene rings is 2. The van der Waals surface area contributed by atoms with Crippen LogP contribution >= 0.6 is 11.8 Å². The molecule has 0 atom stereocenters. The Kier molecular flexibility index (Phi) is 6.68. The standard InChI is InChI=1S/C23H20FN5OS/c24-19-11-9-18(10-12-19)22-27-28-23(29(22)15-17-6-2-1-3-7-17)31-16-21(30)26-14-20-8-4-5-13-25-20/h1-13H,14-16H2,(H,26,30). The topological polar surface area (TPSA) is 72.7 Å². The molecule has 0 aliphatic carbocycles. The normalized spacial score (nSPS) is 10.7. The zero-order chi connectivity index (χ0) is 21.5. The van der Waals surface area contributed by atoms with E-state index >= 15 is 0 Å². The number of hydrogen-bond acceptors (Lipinski definition) is 5. The van der Waals surface area contributed by atoms with Crippen molar-refractivity contribution in [3.05, 3.63) is 96.1 Å². The molecule has 0 spiro atoms. The first-order chi connectivity index (χ1) is 15.2. The van der Waals surface area contributed by atoms with Crippen LogP contribution < -0.4 is 5.32 Å². The molecule has 4 rings (SSSR count). The van der Waals surface area contributed by atoms with Crippen molar-refractivity contribution in [2.45, 2.75) is 18.2 Å². The molecule has 0 aliphatic rings. The first-order valence-electron chi connectivity index (χ1n) is 9.71. The molecule has 4 aromatic rings. The Bertz CT molecular complexity index is 1130. The van der Waals surface area contributed by atoms with E-state index < -0.39 is 0 Å². The summed E-state index contributed by atoms with van der Waals surface area (Å²) in [5.74, 6) is 0.397. The van der Waals surface area contributed by atoms with Gasteiger partial charge in [0, 0.05) is 11.8 Å². The summed E-state index contributed by atoms with van der Waals surface area (Å²) in [5, 5.41) is 12.1. The molecule has 0 radical (unpaired) electrons. The molecular formula is C23H20FN5OS. The quantitative estimate of drug-likeness (QED) is 0.426. The van der Waals surface area contributed by atoms with Crippen LogP contribution in [0.5, 0.6) is 0 Å². The number of nitrogens with one attached hydrogen (secondary N) is 1. The molecule has 0 saturated heterocycles. The van der Waals surface area contributed by atoms with E-state index in [4.69, 9.17) is 0 Å². The van der Waals surface area contributed by atoms with Crippen LogP contribution in [0.2, 0.25) is 0 Å². The second-order valence-electron chi connectivity index (χ2n) is 6.77. The third kappa shape index (κ3) is 5.55. The van der Waals surface area contributed by atoms with Crippen LogP contribution in [0, 0.1) is 5.82 Å². The molecule has 1 amide bonds. The van der Waals surface area contributed by atoms with E-state index in [0.717, 1.165) is 16.8 Å². The molecule has 0 bridgehead atoms. The van der Waals surface area contributed by atoms with Crippen LogP contribution in [0.3, 0.4) is 0 Å². The Morgan fingerprint density at radius 3 is 2.48 bits per heavy atom. The Morgan fingerprint density at radius 1 is 0.968 bits per heavy atom. The van der Waals surface area contributed by atoms with Crippen LogP contribution in [0.1, 0.15) is 11.3 Å². The van der Waals surface area contributed by atoms with Crippen LogP contribution in [0.15, 0.2) is 84.1 Å². The van der Waals surface area contributed by atoms with Gasteiger partial charge in [-0.2, -0.15) is 0 Å². The SMILES string of the molecule is O=C(CSc1nnc(-c2ccc(F)cc2)n1Cc1ccccc1)NCc1ccccn1. The Balaban J connectivity index is 1.49. The summed E-state index contributed by atoms with van der Waals surface area (Å²) in [6.07, 6.45) is 1.69. The van der Waals surface area contributed by atoms with Crippen LogP contribution in [0.4, 0.5) is 4.39 Å². The van der Waals surface area contributed by atoms with Gasteiger partial charge < -0.3 is 5.32 Å². The molecule has 1 N–H and O–H groups in total. The molecule has 31 heavy (non-hydrogen) atoms. The summed E-state index contributed by atoms with van der Waals surface area (Å²) < 4.78 is 15.3. The zero-order valence-corrected chi connectivity index (χ0v) is 17.4. The first kappa shape index (κ1) is 20.7. The van der Waals surface area contributed by atoms with E-state index in [1.54, 1.807) is 18.3 Å². The average Bonchev–Trinajstić information content (AvgIpc) is 3.20. The van der Waals surface area contributed by atoms with Crippen molar-refractivity contribution < 1.29 is 9.18 Å². The van der Waals surface area contributed by atoms with Gasteiger partial charge in [-0.05, 0) is 42.0 Å². The van der Waals surface area contributed by atoms with Crippen molar-refractivity contribution in [2.75, 3.05) is 5.75 Å². The van der Waals surface area contributed by atoms with E-state index in [-0.39, 0.29) is 17.5 Å². The lowest BCUT2D eigenvalue weighted by Crippen LogP contribution is -2.25. The lowest BCUT2D eigenvalue weighted by Gasteiger charge is -2.11. The van der Waals surface area contributed by atoms with Gasteiger partial charge >= 0.3 is 0 Å². The van der Waals surface area contributed by atoms with Crippen molar-refractivity contribution in [3.8, 4) is 11.4 Å². The fourth-order valence-electron chi connectivity index (χ4n) is 2.99. The summed E-state index contributed by atoms with van der Waals surface area (Å²) in [7, 11) is 0. The predicted octanol–water partition coefficient (Wildman–Crippen LogP) is 3.94. The minimum Gasteiger partial charge on any atom is -0.350 e. The van der Waals surface area contributed by atoms with Crippen LogP contribution in [-0.2, 0) is 17.9 Å². The first-order valence-corrected chi connectivity index (χ1v) is 10.7. The van der Waals surface area contributed by atoms with Gasteiger partial charge in [-0.1, -0.05) is 48.2 Å². The largest absolute Gasteiger partial charge is 0.350 e. The maximum atomic E-state index is 13.4. The van der Waals surface area contributed by atoms with Crippen LogP contribution in [0.25, 0.3) is 11.4 Å². The van der Waals surface area contributed by atoms with E-state index in [0.29, 0.717) is 24.1 Å². The minimum atomic E-state index is -0.308. The molecule has 2 aromatic carbocycles. The second-order valence-corrected chi connectivity index (χ2v) is 7.71. The number of pyridine rings is 1. The molecular weight excluding hydrogens is 413 g/mol. The fraction of sp³-hybridized carbons (Fsp3) is 0.130. The average molecular weight is 434 g/mol. The van der Waals surface area contributed by atoms with Gasteiger partial charge in [0.15, 0.2) is 11.0 Å². The highest BCUT2D eigenvalue weighted by Crippen LogP contribution is 2.25. The van der Waals surface area contributed by atoms with Crippen molar-refractivity contribution in [1.29, 1.82) is 0 Å². The molecule has 0 fully saturated rings. The van der Waals surface area contributed by atoms with Crippen molar-refractivity contribution in [1.82, 2.24) is 25.1 Å². The molecule has 0 aliphatic heterocycles. The summed E-state index contributed by atoms with van der Waals surface area (Å²) in [6, 6.07) is 21.6. The minimum absolute atomic E-state index is 0.117. The third-order valence-corrected chi connectivity index (χ3v) is 5.49. The zero-order valence-electron chi connectivity index (χ0n) is 16.6. The number of carbonyl (C=O) groups excluding carboxylic acids is 1.